The summed E-state index contributed by atoms with van der Waals surface area (Å²) in [6, 6.07) is 12.6. The van der Waals surface area contributed by atoms with E-state index in [0.29, 0.717) is 28.1 Å². The van der Waals surface area contributed by atoms with E-state index >= 15 is 0 Å². The van der Waals surface area contributed by atoms with Crippen molar-refractivity contribution in [3.8, 4) is 11.4 Å². The number of hydrogen-bond acceptors (Lipinski definition) is 5. The van der Waals surface area contributed by atoms with E-state index in [-0.39, 0.29) is 24.6 Å². The largest absolute Gasteiger partial charge is 0.342 e. The van der Waals surface area contributed by atoms with Crippen molar-refractivity contribution in [1.29, 1.82) is 0 Å². The van der Waals surface area contributed by atoms with Crippen molar-refractivity contribution in [3.63, 3.8) is 0 Å². The van der Waals surface area contributed by atoms with Gasteiger partial charge >= 0.3 is 0 Å². The van der Waals surface area contributed by atoms with Gasteiger partial charge in [-0.2, -0.15) is 4.98 Å². The highest BCUT2D eigenvalue weighted by Gasteiger charge is 2.21. The molecule has 1 atom stereocenters. The third-order valence-corrected chi connectivity index (χ3v) is 4.99. The Morgan fingerprint density at radius 2 is 2.06 bits per heavy atom. The van der Waals surface area contributed by atoms with Gasteiger partial charge in [0.15, 0.2) is 0 Å². The van der Waals surface area contributed by atoms with Crippen LogP contribution in [0.1, 0.15) is 29.7 Å². The van der Waals surface area contributed by atoms with E-state index in [2.05, 4.69) is 20.4 Å². The Bertz CT molecular complexity index is 1190. The lowest BCUT2D eigenvalue weighted by molar-refractivity contribution is -0.121. The first-order chi connectivity index (χ1) is 15.0. The molecule has 2 heterocycles. The predicted octanol–water partition coefficient (Wildman–Crippen LogP) is 4.10. The van der Waals surface area contributed by atoms with Crippen LogP contribution in [0.2, 0.25) is 5.02 Å². The van der Waals surface area contributed by atoms with E-state index in [1.54, 1.807) is 53.4 Å². The summed E-state index contributed by atoms with van der Waals surface area (Å²) in [6.07, 6.45) is 3.79. The highest BCUT2D eigenvalue weighted by molar-refractivity contribution is 6.30. The molecular weight excluding hydrogens is 421 g/mol. The van der Waals surface area contributed by atoms with Crippen molar-refractivity contribution in [2.24, 2.45) is 7.05 Å². The fourth-order valence-electron chi connectivity index (χ4n) is 3.16. The molecule has 0 saturated carbocycles. The molecule has 9 heteroatoms. The van der Waals surface area contributed by atoms with Crippen LogP contribution in [0.25, 0.3) is 11.4 Å². The summed E-state index contributed by atoms with van der Waals surface area (Å²) in [5.41, 5.74) is 1.37. The monoisotopic (exact) mass is 439 g/mol. The van der Waals surface area contributed by atoms with E-state index in [4.69, 9.17) is 16.1 Å². The lowest BCUT2D eigenvalue weighted by Gasteiger charge is -2.19. The van der Waals surface area contributed by atoms with Gasteiger partial charge in [-0.15, -0.1) is 0 Å². The van der Waals surface area contributed by atoms with Crippen LogP contribution >= 0.6 is 11.6 Å². The minimum atomic E-state index is -0.587. The number of carbonyl (C=O) groups excluding carboxylic acids is 1. The molecule has 158 valence electrons. The van der Waals surface area contributed by atoms with E-state index < -0.39 is 6.04 Å². The summed E-state index contributed by atoms with van der Waals surface area (Å²) in [5.74, 6) is 0.744. The highest BCUT2D eigenvalue weighted by Crippen LogP contribution is 2.22. The number of rotatable bonds is 7. The molecule has 2 aromatic carbocycles. The summed E-state index contributed by atoms with van der Waals surface area (Å²) in [7, 11) is 1.82. The number of carbonyl (C=O) groups is 1. The topological polar surface area (TPSA) is 85.8 Å². The Morgan fingerprint density at radius 3 is 2.77 bits per heavy atom. The fourth-order valence-corrected chi connectivity index (χ4v) is 3.29. The number of imidazole rings is 1. The van der Waals surface area contributed by atoms with Gasteiger partial charge in [-0.3, -0.25) is 4.79 Å². The molecule has 0 bridgehead atoms. The van der Waals surface area contributed by atoms with Crippen molar-refractivity contribution in [3.05, 3.63) is 89.0 Å². The van der Waals surface area contributed by atoms with E-state index in [1.165, 1.54) is 12.1 Å². The minimum absolute atomic E-state index is 0.124. The molecule has 2 aromatic heterocycles. The van der Waals surface area contributed by atoms with E-state index in [1.807, 2.05) is 7.05 Å². The maximum atomic E-state index is 13.8. The van der Waals surface area contributed by atoms with E-state index in [9.17, 15) is 9.18 Å². The molecule has 4 rings (SSSR count). The lowest BCUT2D eigenvalue weighted by Crippen LogP contribution is -2.31. The zero-order valence-electron chi connectivity index (χ0n) is 16.6. The Balaban J connectivity index is 1.44. The van der Waals surface area contributed by atoms with Crippen LogP contribution in [-0.2, 0) is 18.3 Å². The van der Waals surface area contributed by atoms with Gasteiger partial charge < -0.3 is 14.4 Å². The van der Waals surface area contributed by atoms with Crippen LogP contribution in [0.3, 0.4) is 0 Å². The van der Waals surface area contributed by atoms with Crippen LogP contribution in [-0.4, -0.2) is 25.6 Å². The molecule has 31 heavy (non-hydrogen) atoms. The number of amides is 1. The van der Waals surface area contributed by atoms with Crippen molar-refractivity contribution < 1.29 is 13.7 Å². The summed E-state index contributed by atoms with van der Waals surface area (Å²) < 4.78 is 20.8. The number of aromatic nitrogens is 4. The third-order valence-electron chi connectivity index (χ3n) is 4.74. The molecule has 7 nitrogen and oxygen atoms in total. The maximum Gasteiger partial charge on any atom is 0.227 e. The normalized spacial score (nSPS) is 12.0. The molecule has 0 aliphatic heterocycles. The van der Waals surface area contributed by atoms with Gasteiger partial charge in [0.1, 0.15) is 17.7 Å². The van der Waals surface area contributed by atoms with Gasteiger partial charge in [-0.25, -0.2) is 9.37 Å². The highest BCUT2D eigenvalue weighted by atomic mass is 35.5. The van der Waals surface area contributed by atoms with Crippen LogP contribution in [0.4, 0.5) is 4.39 Å². The molecule has 0 saturated heterocycles. The first kappa shape index (κ1) is 20.7. The zero-order chi connectivity index (χ0) is 21.8. The van der Waals surface area contributed by atoms with Gasteiger partial charge in [0, 0.05) is 42.9 Å². The van der Waals surface area contributed by atoms with Gasteiger partial charge in [-0.05, 0) is 42.0 Å². The molecule has 1 amide bonds. The SMILES string of the molecule is Cn1ccnc1C(NC(=O)CCc1nc(-c2ccc(Cl)cc2)no1)c1cccc(F)c1. The Labute approximate surface area is 182 Å². The van der Waals surface area contributed by atoms with Gasteiger partial charge in [0.05, 0.1) is 0 Å². The first-order valence-corrected chi connectivity index (χ1v) is 9.98. The average Bonchev–Trinajstić information content (AvgIpc) is 3.40. The smallest absolute Gasteiger partial charge is 0.227 e. The number of halogens is 2. The molecule has 0 aliphatic carbocycles. The summed E-state index contributed by atoms with van der Waals surface area (Å²) in [5, 5.41) is 7.49. The second-order valence-electron chi connectivity index (χ2n) is 6.97. The van der Waals surface area contributed by atoms with Gasteiger partial charge in [0.2, 0.25) is 17.6 Å². The molecule has 1 unspecified atom stereocenters. The molecule has 0 spiro atoms. The minimum Gasteiger partial charge on any atom is -0.342 e. The van der Waals surface area contributed by atoms with Gasteiger partial charge in [-0.1, -0.05) is 28.9 Å². The first-order valence-electron chi connectivity index (χ1n) is 9.60. The van der Waals surface area contributed by atoms with Crippen molar-refractivity contribution in [2.75, 3.05) is 0 Å². The molecule has 0 radical (unpaired) electrons. The average molecular weight is 440 g/mol. The maximum absolute atomic E-state index is 13.8. The molecule has 4 aromatic rings. The second-order valence-corrected chi connectivity index (χ2v) is 7.41. The number of aryl methyl sites for hydroxylation is 2. The number of benzene rings is 2. The predicted molar refractivity (Wildman–Crippen MR) is 113 cm³/mol. The van der Waals surface area contributed by atoms with Crippen LogP contribution < -0.4 is 5.32 Å². The molecule has 0 aliphatic rings. The Morgan fingerprint density at radius 1 is 1.26 bits per heavy atom. The molecule has 0 fully saturated rings. The van der Waals surface area contributed by atoms with Crippen molar-refractivity contribution in [1.82, 2.24) is 25.0 Å². The van der Waals surface area contributed by atoms with Crippen LogP contribution in [0, 0.1) is 5.82 Å². The molecular formula is C22H19ClFN5O2. The standard InChI is InChI=1S/C22H19ClFN5O2/c1-29-12-11-25-22(29)20(15-3-2-4-17(24)13-15)26-18(30)9-10-19-27-21(28-31-19)14-5-7-16(23)8-6-14/h2-8,11-13,20H,9-10H2,1H3,(H,26,30). The Kier molecular flexibility index (Phi) is 6.08. The zero-order valence-corrected chi connectivity index (χ0v) is 17.4. The summed E-state index contributed by atoms with van der Waals surface area (Å²) >= 11 is 5.89. The Hall–Kier alpha value is -3.52. The number of nitrogens with one attached hydrogen (secondary N) is 1. The van der Waals surface area contributed by atoms with Crippen LogP contribution in [0.15, 0.2) is 65.4 Å². The van der Waals surface area contributed by atoms with E-state index in [0.717, 1.165) is 5.56 Å². The third kappa shape index (κ3) is 4.97. The van der Waals surface area contributed by atoms with Crippen molar-refractivity contribution in [2.45, 2.75) is 18.9 Å². The molecule has 1 N–H and O–H groups in total. The number of hydrogen-bond donors (Lipinski definition) is 1. The van der Waals surface area contributed by atoms with Crippen molar-refractivity contribution >= 4 is 17.5 Å². The fraction of sp³-hybridized carbons (Fsp3) is 0.182. The summed E-state index contributed by atoms with van der Waals surface area (Å²) in [6.45, 7) is 0. The van der Waals surface area contributed by atoms with Gasteiger partial charge in [0.25, 0.3) is 0 Å². The summed E-state index contributed by atoms with van der Waals surface area (Å²) in [4.78, 5) is 21.3. The number of nitrogens with zero attached hydrogens (tertiary/aromatic N) is 4. The van der Waals surface area contributed by atoms with Crippen LogP contribution in [0.5, 0.6) is 0 Å². The second kappa shape index (κ2) is 9.09. The lowest BCUT2D eigenvalue weighted by atomic mass is 10.1. The quantitative estimate of drug-likeness (QED) is 0.468.